The first kappa shape index (κ1) is 32.5. The zero-order valence-electron chi connectivity index (χ0n) is 27.7. The van der Waals surface area contributed by atoms with Crippen LogP contribution in [0.2, 0.25) is 0 Å². The third-order valence-electron chi connectivity index (χ3n) is 8.65. The maximum absolute atomic E-state index is 6.45. The van der Waals surface area contributed by atoms with Gasteiger partial charge in [-0.3, -0.25) is 4.68 Å². The van der Waals surface area contributed by atoms with E-state index in [1.54, 1.807) is 0 Å². The molecule has 0 aliphatic carbocycles. The SMILES string of the molecule is CCCc1ccc2c(c1)c1ccc(Oc3[c-]c(-n4nc(C)c(-c5ccccc5)c4C)ccc3)[c-]c1n2-c1cc(C(C)(C)C)ccn1.[Pt+2]. The normalized spacial score (nSPS) is 11.6. The average Bonchev–Trinajstić information content (AvgIpc) is 3.53. The number of aryl methyl sites for hydroxylation is 2. The van der Waals surface area contributed by atoms with Crippen molar-refractivity contribution in [3.05, 3.63) is 132 Å². The van der Waals surface area contributed by atoms with E-state index in [1.807, 2.05) is 48.1 Å². The van der Waals surface area contributed by atoms with E-state index >= 15 is 0 Å². The van der Waals surface area contributed by atoms with Crippen molar-refractivity contribution >= 4 is 21.8 Å². The van der Waals surface area contributed by atoms with Gasteiger partial charge in [-0.15, -0.1) is 35.7 Å². The number of aromatic nitrogens is 4. The van der Waals surface area contributed by atoms with Gasteiger partial charge in [0.2, 0.25) is 0 Å². The van der Waals surface area contributed by atoms with E-state index in [2.05, 4.69) is 112 Å². The van der Waals surface area contributed by atoms with E-state index in [0.717, 1.165) is 63.3 Å². The molecule has 0 spiro atoms. The summed E-state index contributed by atoms with van der Waals surface area (Å²) in [5.74, 6) is 2.09. The van der Waals surface area contributed by atoms with Crippen molar-refractivity contribution < 1.29 is 25.8 Å². The molecule has 3 heterocycles. The molecule has 7 rings (SSSR count). The van der Waals surface area contributed by atoms with Crippen LogP contribution in [0.25, 0.3) is 44.4 Å². The van der Waals surface area contributed by atoms with Gasteiger partial charge in [0.25, 0.3) is 0 Å². The van der Waals surface area contributed by atoms with E-state index in [-0.39, 0.29) is 26.5 Å². The molecule has 0 saturated heterocycles. The van der Waals surface area contributed by atoms with Crippen LogP contribution in [-0.4, -0.2) is 19.3 Å². The van der Waals surface area contributed by atoms with Crippen molar-refractivity contribution in [2.75, 3.05) is 0 Å². The monoisotopic (exact) mass is 797 g/mol. The molecule has 4 aromatic carbocycles. The fraction of sp³-hybridized carbons (Fsp3) is 0.220. The van der Waals surface area contributed by atoms with Crippen molar-refractivity contribution in [1.82, 2.24) is 19.3 Å². The Bertz CT molecular complexity index is 2210. The minimum absolute atomic E-state index is 0. The molecular weight excluding hydrogens is 760 g/mol. The molecule has 0 fully saturated rings. The van der Waals surface area contributed by atoms with Gasteiger partial charge >= 0.3 is 21.1 Å². The van der Waals surface area contributed by atoms with Gasteiger partial charge in [-0.25, -0.2) is 4.98 Å². The van der Waals surface area contributed by atoms with Gasteiger partial charge < -0.3 is 9.30 Å². The average molecular weight is 798 g/mol. The largest absolute Gasteiger partial charge is 2.00 e. The van der Waals surface area contributed by atoms with Crippen molar-refractivity contribution in [3.8, 4) is 34.1 Å². The summed E-state index contributed by atoms with van der Waals surface area (Å²) in [6.45, 7) is 13.0. The maximum atomic E-state index is 6.45. The Morgan fingerprint density at radius 3 is 2.36 bits per heavy atom. The Balaban J connectivity index is 0.00000386. The fourth-order valence-electron chi connectivity index (χ4n) is 6.36. The Morgan fingerprint density at radius 2 is 1.60 bits per heavy atom. The molecule has 0 saturated carbocycles. The molecule has 3 aromatic heterocycles. The third kappa shape index (κ3) is 6.17. The Kier molecular flexibility index (Phi) is 8.96. The molecule has 0 amide bonds. The molecule has 5 nitrogen and oxygen atoms in total. The molecule has 7 aromatic rings. The first-order valence-electron chi connectivity index (χ1n) is 16.0. The second-order valence-corrected chi connectivity index (χ2v) is 13.0. The predicted molar refractivity (Wildman–Crippen MR) is 187 cm³/mol. The minimum atomic E-state index is -0.00306. The molecule has 0 atom stereocenters. The summed E-state index contributed by atoms with van der Waals surface area (Å²) in [4.78, 5) is 4.84. The Morgan fingerprint density at radius 1 is 0.809 bits per heavy atom. The molecule has 0 bridgehead atoms. The van der Waals surface area contributed by atoms with Crippen molar-refractivity contribution in [3.63, 3.8) is 0 Å². The van der Waals surface area contributed by atoms with Crippen LogP contribution >= 0.6 is 0 Å². The van der Waals surface area contributed by atoms with Crippen molar-refractivity contribution in [2.24, 2.45) is 0 Å². The van der Waals surface area contributed by atoms with Crippen molar-refractivity contribution in [1.29, 1.82) is 0 Å². The van der Waals surface area contributed by atoms with Crippen LogP contribution in [0.1, 0.15) is 56.6 Å². The quantitative estimate of drug-likeness (QED) is 0.151. The Labute approximate surface area is 291 Å². The van der Waals surface area contributed by atoms with Crippen LogP contribution in [0.4, 0.5) is 0 Å². The van der Waals surface area contributed by atoms with Crippen LogP contribution in [-0.2, 0) is 32.9 Å². The summed E-state index contributed by atoms with van der Waals surface area (Å²) in [6, 6.07) is 38.5. The number of rotatable bonds is 7. The second-order valence-electron chi connectivity index (χ2n) is 13.0. The maximum Gasteiger partial charge on any atom is 2.00 e. The van der Waals surface area contributed by atoms with E-state index < -0.39 is 0 Å². The topological polar surface area (TPSA) is 44.9 Å². The first-order chi connectivity index (χ1) is 22.2. The standard InChI is InChI=1S/C41H38N4O.Pt/c1-7-12-29-17-20-37-36(23-29)35-19-18-34(26-38(35)44(37)39-24-31(21-22-42-39)41(4,5)6)46-33-16-11-15-32(25-33)45-28(3)40(27(2)43-45)30-13-9-8-10-14-30;/h8-11,13-24H,7,12H2,1-6H3;/q-2;+2. The fourth-order valence-corrected chi connectivity index (χ4v) is 6.36. The first-order valence-corrected chi connectivity index (χ1v) is 16.0. The van der Waals surface area contributed by atoms with Crippen LogP contribution in [0, 0.1) is 26.0 Å². The van der Waals surface area contributed by atoms with Gasteiger partial charge in [0.05, 0.1) is 5.69 Å². The molecule has 0 aliphatic heterocycles. The molecule has 0 unspecified atom stereocenters. The van der Waals surface area contributed by atoms with Crippen molar-refractivity contribution in [2.45, 2.75) is 59.8 Å². The minimum Gasteiger partial charge on any atom is -0.509 e. The number of pyridine rings is 1. The summed E-state index contributed by atoms with van der Waals surface area (Å²) >= 11 is 0. The van der Waals surface area contributed by atoms with E-state index in [4.69, 9.17) is 14.8 Å². The predicted octanol–water partition coefficient (Wildman–Crippen LogP) is 10.3. The number of ether oxygens (including phenoxy) is 1. The van der Waals surface area contributed by atoms with Gasteiger partial charge in [0.15, 0.2) is 0 Å². The van der Waals surface area contributed by atoms with Crippen LogP contribution in [0.5, 0.6) is 11.5 Å². The summed E-state index contributed by atoms with van der Waals surface area (Å²) in [7, 11) is 0. The third-order valence-corrected chi connectivity index (χ3v) is 8.65. The molecular formula is C41H38N4OPt. The summed E-state index contributed by atoms with van der Waals surface area (Å²) in [5.41, 5.74) is 9.74. The van der Waals surface area contributed by atoms with Gasteiger partial charge in [-0.1, -0.05) is 82.1 Å². The summed E-state index contributed by atoms with van der Waals surface area (Å²) < 4.78 is 10.6. The summed E-state index contributed by atoms with van der Waals surface area (Å²) in [6.07, 6.45) is 4.05. The number of fused-ring (bicyclic) bond motifs is 3. The number of nitrogens with zero attached hydrogens (tertiary/aromatic N) is 4. The van der Waals surface area contributed by atoms with Crippen LogP contribution < -0.4 is 4.74 Å². The zero-order chi connectivity index (χ0) is 32.0. The zero-order valence-corrected chi connectivity index (χ0v) is 29.9. The van der Waals surface area contributed by atoms with Gasteiger partial charge in [0.1, 0.15) is 5.82 Å². The summed E-state index contributed by atoms with van der Waals surface area (Å²) in [5, 5.41) is 7.19. The molecule has 0 radical (unpaired) electrons. The number of hydrogen-bond acceptors (Lipinski definition) is 3. The van der Waals surface area contributed by atoms with Gasteiger partial charge in [-0.2, -0.15) is 17.2 Å². The van der Waals surface area contributed by atoms with E-state index in [0.29, 0.717) is 11.5 Å². The molecule has 6 heteroatoms. The molecule has 238 valence electrons. The smallest absolute Gasteiger partial charge is 0.509 e. The van der Waals surface area contributed by atoms with Crippen LogP contribution in [0.15, 0.2) is 97.2 Å². The number of hydrogen-bond donors (Lipinski definition) is 0. The van der Waals surface area contributed by atoms with E-state index in [1.165, 1.54) is 16.5 Å². The van der Waals surface area contributed by atoms with Crippen LogP contribution in [0.3, 0.4) is 0 Å². The number of benzene rings is 4. The second kappa shape index (κ2) is 13.0. The Hall–Kier alpha value is -4.47. The molecule has 0 N–H and O–H groups in total. The molecule has 47 heavy (non-hydrogen) atoms. The van der Waals surface area contributed by atoms with Gasteiger partial charge in [-0.05, 0) is 71.6 Å². The van der Waals surface area contributed by atoms with E-state index in [9.17, 15) is 0 Å². The van der Waals surface area contributed by atoms with Gasteiger partial charge in [0, 0.05) is 34.5 Å². The molecule has 0 aliphatic rings.